The normalized spacial score (nSPS) is 18.4. The second kappa shape index (κ2) is 16.9. The number of ether oxygens (including phenoxy) is 2. The van der Waals surface area contributed by atoms with Crippen LogP contribution in [0.4, 0.5) is 0 Å². The summed E-state index contributed by atoms with van der Waals surface area (Å²) in [5.41, 5.74) is -1.19. The van der Waals surface area contributed by atoms with E-state index in [9.17, 15) is 14.2 Å². The number of nitriles is 1. The van der Waals surface area contributed by atoms with Crippen molar-refractivity contribution >= 4 is 16.1 Å². The van der Waals surface area contributed by atoms with E-state index in [1.54, 1.807) is 13.8 Å². The number of methoxy groups -OCH3 is 1. The van der Waals surface area contributed by atoms with E-state index in [4.69, 9.17) is 32.8 Å². The molecular weight excluding hydrogens is 598 g/mol. The number of aromatic nitrogens is 2. The van der Waals surface area contributed by atoms with Crippen LogP contribution in [0.3, 0.4) is 0 Å². The standard InChI is InChI=1S/C28H48N4O9P2/c1-10-38-43(35,39-11-2)28(7,8)16-12-14-22-24(41-42(37-19-13-17-29)32(20(3)4)21(5)6)25(36-9)26(40-22)31-18-15-23(33)30-27(31)34/h15,18,20-21,25-26H,10-14,16,19H2,1-9H3,(H,30,33,34)/t25?,26-,42?/m1/s1. The maximum atomic E-state index is 13.6. The lowest BCUT2D eigenvalue weighted by atomic mass is 10.0. The number of nitrogens with zero attached hydrogens (tertiary/aromatic N) is 3. The van der Waals surface area contributed by atoms with Gasteiger partial charge in [0.25, 0.3) is 5.56 Å². The summed E-state index contributed by atoms with van der Waals surface area (Å²) < 4.78 is 53.0. The molecule has 1 aromatic rings. The Kier molecular flexibility index (Phi) is 14.6. The van der Waals surface area contributed by atoms with Crippen LogP contribution in [0.15, 0.2) is 33.4 Å². The maximum absolute atomic E-state index is 13.6. The van der Waals surface area contributed by atoms with Gasteiger partial charge in [-0.15, -0.1) is 0 Å². The van der Waals surface area contributed by atoms with Gasteiger partial charge in [-0.25, -0.2) is 9.46 Å². The van der Waals surface area contributed by atoms with Gasteiger partial charge in [-0.05, 0) is 68.2 Å². The monoisotopic (exact) mass is 646 g/mol. The van der Waals surface area contributed by atoms with Gasteiger partial charge in [0.15, 0.2) is 11.9 Å². The third-order valence-corrected chi connectivity index (χ3v) is 11.8. The zero-order valence-electron chi connectivity index (χ0n) is 26.8. The molecule has 1 N–H and O–H groups in total. The van der Waals surface area contributed by atoms with E-state index in [0.29, 0.717) is 30.8 Å². The van der Waals surface area contributed by atoms with Gasteiger partial charge >= 0.3 is 21.8 Å². The maximum Gasteiger partial charge on any atom is 0.336 e. The SMILES string of the molecule is CCOP(=O)(OCC)C(C)(C)CCCC1=C(OP(OCCC#N)N(C(C)C)C(C)C)C(OC)[C@H](n2ccc(=O)[nH]c2=O)O1. The number of hydrogen-bond acceptors (Lipinski definition) is 11. The second-order valence-electron chi connectivity index (χ2n) is 11.1. The Morgan fingerprint density at radius 1 is 1.19 bits per heavy atom. The topological polar surface area (TPSA) is 154 Å². The molecule has 1 aliphatic rings. The van der Waals surface area contributed by atoms with Gasteiger partial charge in [0.2, 0.25) is 6.23 Å². The molecule has 0 bridgehead atoms. The van der Waals surface area contributed by atoms with Crippen molar-refractivity contribution in [3.63, 3.8) is 0 Å². The van der Waals surface area contributed by atoms with E-state index in [0.717, 1.165) is 0 Å². The van der Waals surface area contributed by atoms with Gasteiger partial charge in [0.1, 0.15) is 5.76 Å². The molecule has 43 heavy (non-hydrogen) atoms. The van der Waals surface area contributed by atoms with Crippen LogP contribution in [-0.2, 0) is 32.1 Å². The van der Waals surface area contributed by atoms with Gasteiger partial charge in [0.05, 0.1) is 37.5 Å². The van der Waals surface area contributed by atoms with Crippen molar-refractivity contribution in [3.05, 3.63) is 44.6 Å². The van der Waals surface area contributed by atoms with Crippen LogP contribution in [0, 0.1) is 11.3 Å². The van der Waals surface area contributed by atoms with E-state index in [1.165, 1.54) is 23.9 Å². The summed E-state index contributed by atoms with van der Waals surface area (Å²) in [6.07, 6.45) is 1.07. The fourth-order valence-corrected chi connectivity index (χ4v) is 8.35. The highest BCUT2D eigenvalue weighted by atomic mass is 31.2. The summed E-state index contributed by atoms with van der Waals surface area (Å²) in [6.45, 7) is 16.1. The Bertz CT molecular complexity index is 1250. The molecule has 15 heteroatoms. The summed E-state index contributed by atoms with van der Waals surface area (Å²) in [5.74, 6) is 0.799. The molecule has 2 rings (SSSR count). The number of rotatable bonds is 19. The number of allylic oxidation sites excluding steroid dienone is 1. The first-order chi connectivity index (χ1) is 20.3. The number of aromatic amines is 1. The molecule has 2 heterocycles. The molecule has 0 saturated carbocycles. The minimum atomic E-state index is -3.40. The second-order valence-corrected chi connectivity index (χ2v) is 15.2. The van der Waals surface area contributed by atoms with Crippen LogP contribution in [0.2, 0.25) is 0 Å². The molecule has 0 amide bonds. The first kappa shape index (κ1) is 37.2. The Labute approximate surface area is 255 Å². The third kappa shape index (κ3) is 9.48. The van der Waals surface area contributed by atoms with Crippen molar-refractivity contribution in [3.8, 4) is 6.07 Å². The van der Waals surface area contributed by atoms with Crippen molar-refractivity contribution in [2.45, 2.75) is 111 Å². The lowest BCUT2D eigenvalue weighted by Gasteiger charge is -2.36. The molecule has 0 spiro atoms. The molecule has 0 radical (unpaired) electrons. The Morgan fingerprint density at radius 3 is 2.33 bits per heavy atom. The summed E-state index contributed by atoms with van der Waals surface area (Å²) in [7, 11) is -3.64. The number of H-pyrrole nitrogens is 1. The largest absolute Gasteiger partial charge is 0.467 e. The molecule has 1 aliphatic heterocycles. The smallest absolute Gasteiger partial charge is 0.336 e. The van der Waals surface area contributed by atoms with Crippen molar-refractivity contribution < 1.29 is 32.1 Å². The predicted molar refractivity (Wildman–Crippen MR) is 164 cm³/mol. The molecular formula is C28H48N4O9P2. The molecule has 1 aromatic heterocycles. The van der Waals surface area contributed by atoms with Crippen LogP contribution in [0.1, 0.15) is 87.3 Å². The number of nitrogens with one attached hydrogen (secondary N) is 1. The highest BCUT2D eigenvalue weighted by molar-refractivity contribution is 7.55. The highest BCUT2D eigenvalue weighted by Gasteiger charge is 2.45. The van der Waals surface area contributed by atoms with E-state index < -0.39 is 44.9 Å². The zero-order chi connectivity index (χ0) is 32.4. The van der Waals surface area contributed by atoms with Gasteiger partial charge in [-0.1, -0.05) is 0 Å². The summed E-state index contributed by atoms with van der Waals surface area (Å²) in [5, 5.41) is 8.33. The van der Waals surface area contributed by atoms with Gasteiger partial charge in [0, 0.05) is 37.9 Å². The van der Waals surface area contributed by atoms with Crippen molar-refractivity contribution in [2.75, 3.05) is 26.9 Å². The molecule has 0 fully saturated rings. The molecule has 2 unspecified atom stereocenters. The molecule has 13 nitrogen and oxygen atoms in total. The van der Waals surface area contributed by atoms with Crippen molar-refractivity contribution in [1.29, 1.82) is 5.26 Å². The van der Waals surface area contributed by atoms with Crippen LogP contribution >= 0.6 is 16.1 Å². The number of hydrogen-bond donors (Lipinski definition) is 1. The summed E-state index contributed by atoms with van der Waals surface area (Å²) in [4.78, 5) is 26.8. The fourth-order valence-electron chi connectivity index (χ4n) is 4.80. The first-order valence-corrected chi connectivity index (χ1v) is 17.3. The predicted octanol–water partition coefficient (Wildman–Crippen LogP) is 5.80. The van der Waals surface area contributed by atoms with Crippen molar-refractivity contribution in [1.82, 2.24) is 14.2 Å². The quantitative estimate of drug-likeness (QED) is 0.143. The summed E-state index contributed by atoms with van der Waals surface area (Å²) in [6, 6.07) is 3.42. The van der Waals surface area contributed by atoms with E-state index in [1.807, 2.05) is 41.5 Å². The van der Waals surface area contributed by atoms with Crippen LogP contribution < -0.4 is 11.2 Å². The van der Waals surface area contributed by atoms with Gasteiger partial charge < -0.3 is 27.6 Å². The van der Waals surface area contributed by atoms with Crippen LogP contribution in [-0.4, -0.2) is 64.5 Å². The van der Waals surface area contributed by atoms with Gasteiger partial charge in [-0.2, -0.15) is 5.26 Å². The summed E-state index contributed by atoms with van der Waals surface area (Å²) >= 11 is 0. The molecule has 3 atom stereocenters. The average molecular weight is 647 g/mol. The van der Waals surface area contributed by atoms with Crippen molar-refractivity contribution in [2.24, 2.45) is 0 Å². The lowest BCUT2D eigenvalue weighted by Crippen LogP contribution is -2.37. The van der Waals surface area contributed by atoms with Crippen LogP contribution in [0.5, 0.6) is 0 Å². The first-order valence-electron chi connectivity index (χ1n) is 14.7. The lowest BCUT2D eigenvalue weighted by molar-refractivity contribution is -0.0342. The van der Waals surface area contributed by atoms with Gasteiger partial charge in [-0.3, -0.25) is 18.9 Å². The highest BCUT2D eigenvalue weighted by Crippen LogP contribution is 2.61. The molecule has 0 aromatic carbocycles. The zero-order valence-corrected chi connectivity index (χ0v) is 28.6. The van der Waals surface area contributed by atoms with E-state index >= 15 is 0 Å². The molecule has 0 saturated heterocycles. The average Bonchev–Trinajstić information content (AvgIpc) is 3.25. The molecule has 244 valence electrons. The minimum Gasteiger partial charge on any atom is -0.467 e. The Hall–Kier alpha value is -2.03. The Morgan fingerprint density at radius 2 is 1.81 bits per heavy atom. The third-order valence-electron chi connectivity index (χ3n) is 6.81. The fraction of sp³-hybridized carbons (Fsp3) is 0.750. The van der Waals surface area contributed by atoms with E-state index in [2.05, 4.69) is 15.7 Å². The minimum absolute atomic E-state index is 0.0465. The van der Waals surface area contributed by atoms with Crippen LogP contribution in [0.25, 0.3) is 0 Å². The molecule has 0 aliphatic carbocycles. The Balaban J connectivity index is 2.50. The van der Waals surface area contributed by atoms with E-state index in [-0.39, 0.29) is 38.3 Å².